The van der Waals surface area contributed by atoms with Gasteiger partial charge in [0.2, 0.25) is 5.91 Å². The largest absolute Gasteiger partial charge is 0.349 e. The molecule has 1 aliphatic carbocycles. The molecule has 2 N–H and O–H groups in total. The Kier molecular flexibility index (Phi) is 3.99. The average Bonchev–Trinajstić information content (AvgIpc) is 2.81. The van der Waals surface area contributed by atoms with Gasteiger partial charge >= 0.3 is 0 Å². The lowest BCUT2D eigenvalue weighted by Gasteiger charge is -2.24. The Bertz CT molecular complexity index is 642. The van der Waals surface area contributed by atoms with E-state index in [1.165, 1.54) is 11.1 Å². The molecule has 2 aliphatic rings. The highest BCUT2D eigenvalue weighted by molar-refractivity contribution is 7.91. The van der Waals surface area contributed by atoms with Crippen molar-refractivity contribution in [2.24, 2.45) is 0 Å². The van der Waals surface area contributed by atoms with E-state index in [4.69, 9.17) is 0 Å². The summed E-state index contributed by atoms with van der Waals surface area (Å²) in [5, 5.41) is 6.15. The molecular formula is C15H20N2O3S. The Morgan fingerprint density at radius 1 is 1.33 bits per heavy atom. The minimum Gasteiger partial charge on any atom is -0.349 e. The minimum atomic E-state index is -3.00. The third-order valence-corrected chi connectivity index (χ3v) is 5.94. The van der Waals surface area contributed by atoms with Crippen LogP contribution in [0.25, 0.3) is 0 Å². The summed E-state index contributed by atoms with van der Waals surface area (Å²) < 4.78 is 23.2. The monoisotopic (exact) mass is 308 g/mol. The summed E-state index contributed by atoms with van der Waals surface area (Å²) in [5.41, 5.74) is 2.48. The number of carbonyl (C=O) groups excluding carboxylic acids is 1. The molecule has 2 unspecified atom stereocenters. The van der Waals surface area contributed by atoms with Gasteiger partial charge in [-0.3, -0.25) is 4.79 Å². The van der Waals surface area contributed by atoms with Gasteiger partial charge in [0.15, 0.2) is 9.84 Å². The van der Waals surface area contributed by atoms with Crippen molar-refractivity contribution in [1.29, 1.82) is 0 Å². The number of benzene rings is 1. The number of hydrogen-bond acceptors (Lipinski definition) is 4. The molecule has 3 rings (SSSR count). The predicted molar refractivity (Wildman–Crippen MR) is 80.7 cm³/mol. The summed E-state index contributed by atoms with van der Waals surface area (Å²) >= 11 is 0. The molecule has 0 radical (unpaired) electrons. The Labute approximate surface area is 125 Å². The standard InChI is InChI=1S/C15H20N2O3S/c18-15(9-12-10-21(19,20)8-7-16-12)17-14-6-5-11-3-1-2-4-13(11)14/h1-4,12,14,16H,5-10H2,(H,17,18). The van der Waals surface area contributed by atoms with Crippen molar-refractivity contribution in [3.05, 3.63) is 35.4 Å². The molecule has 6 heteroatoms. The van der Waals surface area contributed by atoms with Crippen LogP contribution in [0.5, 0.6) is 0 Å². The van der Waals surface area contributed by atoms with Crippen LogP contribution in [-0.4, -0.2) is 38.4 Å². The third kappa shape index (κ3) is 3.44. The fraction of sp³-hybridized carbons (Fsp3) is 0.533. The molecular weight excluding hydrogens is 288 g/mol. The molecule has 0 saturated carbocycles. The molecule has 1 aromatic rings. The Balaban J connectivity index is 1.58. The summed E-state index contributed by atoms with van der Waals surface area (Å²) in [4.78, 5) is 12.1. The molecule has 0 aromatic heterocycles. The lowest BCUT2D eigenvalue weighted by atomic mass is 10.1. The van der Waals surface area contributed by atoms with E-state index < -0.39 is 9.84 Å². The molecule has 1 amide bonds. The maximum Gasteiger partial charge on any atom is 0.222 e. The van der Waals surface area contributed by atoms with Gasteiger partial charge in [-0.2, -0.15) is 0 Å². The van der Waals surface area contributed by atoms with E-state index in [2.05, 4.69) is 22.8 Å². The molecule has 1 aromatic carbocycles. The fourth-order valence-electron chi connectivity index (χ4n) is 3.18. The van der Waals surface area contributed by atoms with Gasteiger partial charge in [0.1, 0.15) is 0 Å². The van der Waals surface area contributed by atoms with E-state index in [9.17, 15) is 13.2 Å². The van der Waals surface area contributed by atoms with Crippen LogP contribution in [-0.2, 0) is 21.1 Å². The minimum absolute atomic E-state index is 0.0572. The van der Waals surface area contributed by atoms with Gasteiger partial charge < -0.3 is 10.6 Å². The summed E-state index contributed by atoms with van der Waals surface area (Å²) in [6.07, 6.45) is 2.12. The first-order valence-electron chi connectivity index (χ1n) is 7.34. The van der Waals surface area contributed by atoms with E-state index >= 15 is 0 Å². The first kappa shape index (κ1) is 14.5. The Hall–Kier alpha value is -1.40. The summed E-state index contributed by atoms with van der Waals surface area (Å²) in [6.45, 7) is 0.437. The summed E-state index contributed by atoms with van der Waals surface area (Å²) in [5.74, 6) is 0.147. The zero-order valence-corrected chi connectivity index (χ0v) is 12.7. The lowest BCUT2D eigenvalue weighted by Crippen LogP contribution is -2.47. The highest BCUT2D eigenvalue weighted by atomic mass is 32.2. The molecule has 5 nitrogen and oxygen atoms in total. The number of rotatable bonds is 3. The lowest BCUT2D eigenvalue weighted by molar-refractivity contribution is -0.122. The second-order valence-electron chi connectivity index (χ2n) is 5.83. The van der Waals surface area contributed by atoms with Crippen LogP contribution in [0.1, 0.15) is 30.0 Å². The predicted octanol–water partition coefficient (Wildman–Crippen LogP) is 0.567. The number of carbonyl (C=O) groups is 1. The van der Waals surface area contributed by atoms with Crippen molar-refractivity contribution in [3.8, 4) is 0 Å². The smallest absolute Gasteiger partial charge is 0.222 e. The van der Waals surface area contributed by atoms with Crippen molar-refractivity contribution < 1.29 is 13.2 Å². The molecule has 1 aliphatic heterocycles. The van der Waals surface area contributed by atoms with Crippen LogP contribution in [0.15, 0.2) is 24.3 Å². The molecule has 114 valence electrons. The van der Waals surface area contributed by atoms with E-state index in [-0.39, 0.29) is 35.9 Å². The van der Waals surface area contributed by atoms with Crippen LogP contribution in [0, 0.1) is 0 Å². The average molecular weight is 308 g/mol. The van der Waals surface area contributed by atoms with Crippen LogP contribution in [0.2, 0.25) is 0 Å². The van der Waals surface area contributed by atoms with E-state index in [1.54, 1.807) is 0 Å². The maximum absolute atomic E-state index is 12.1. The van der Waals surface area contributed by atoms with E-state index in [1.807, 2.05) is 12.1 Å². The SMILES string of the molecule is O=C(CC1CS(=O)(=O)CCN1)NC1CCc2ccccc21. The highest BCUT2D eigenvalue weighted by Crippen LogP contribution is 2.30. The quantitative estimate of drug-likeness (QED) is 0.856. The second-order valence-corrected chi connectivity index (χ2v) is 8.06. The highest BCUT2D eigenvalue weighted by Gasteiger charge is 2.28. The summed E-state index contributed by atoms with van der Waals surface area (Å²) in [6, 6.07) is 7.94. The zero-order chi connectivity index (χ0) is 14.9. The van der Waals surface area contributed by atoms with Gasteiger partial charge in [-0.25, -0.2) is 8.42 Å². The molecule has 0 bridgehead atoms. The topological polar surface area (TPSA) is 75.3 Å². The molecule has 1 heterocycles. The van der Waals surface area contributed by atoms with Crippen molar-refractivity contribution in [2.45, 2.75) is 31.3 Å². The first-order chi connectivity index (χ1) is 10.0. The third-order valence-electron chi connectivity index (χ3n) is 4.20. The molecule has 2 atom stereocenters. The Morgan fingerprint density at radius 3 is 2.95 bits per heavy atom. The normalized spacial score (nSPS) is 27.0. The van der Waals surface area contributed by atoms with Crippen molar-refractivity contribution in [3.63, 3.8) is 0 Å². The van der Waals surface area contributed by atoms with Crippen molar-refractivity contribution in [1.82, 2.24) is 10.6 Å². The molecule has 0 spiro atoms. The molecule has 1 fully saturated rings. The van der Waals surface area contributed by atoms with Crippen LogP contribution in [0.4, 0.5) is 0 Å². The van der Waals surface area contributed by atoms with Gasteiger partial charge in [-0.05, 0) is 24.0 Å². The van der Waals surface area contributed by atoms with Gasteiger partial charge in [0, 0.05) is 19.0 Å². The number of hydrogen-bond donors (Lipinski definition) is 2. The summed E-state index contributed by atoms with van der Waals surface area (Å²) in [7, 11) is -3.00. The van der Waals surface area contributed by atoms with Gasteiger partial charge in [-0.1, -0.05) is 24.3 Å². The van der Waals surface area contributed by atoms with Crippen LogP contribution < -0.4 is 10.6 Å². The van der Waals surface area contributed by atoms with Gasteiger partial charge in [-0.15, -0.1) is 0 Å². The van der Waals surface area contributed by atoms with Crippen LogP contribution >= 0.6 is 0 Å². The van der Waals surface area contributed by atoms with Gasteiger partial charge in [0.05, 0.1) is 17.5 Å². The second kappa shape index (κ2) is 5.77. The molecule has 21 heavy (non-hydrogen) atoms. The first-order valence-corrected chi connectivity index (χ1v) is 9.16. The Morgan fingerprint density at radius 2 is 2.14 bits per heavy atom. The number of sulfone groups is 1. The van der Waals surface area contributed by atoms with E-state index in [0.29, 0.717) is 6.54 Å². The number of fused-ring (bicyclic) bond motifs is 1. The maximum atomic E-state index is 12.1. The number of aryl methyl sites for hydroxylation is 1. The molecule has 1 saturated heterocycles. The number of amides is 1. The fourth-order valence-corrected chi connectivity index (χ4v) is 4.63. The number of nitrogens with one attached hydrogen (secondary N) is 2. The zero-order valence-electron chi connectivity index (χ0n) is 11.8. The van der Waals surface area contributed by atoms with E-state index in [0.717, 1.165) is 12.8 Å². The van der Waals surface area contributed by atoms with Crippen molar-refractivity contribution in [2.75, 3.05) is 18.1 Å². The van der Waals surface area contributed by atoms with Crippen LogP contribution in [0.3, 0.4) is 0 Å². The van der Waals surface area contributed by atoms with Gasteiger partial charge in [0.25, 0.3) is 0 Å². The van der Waals surface area contributed by atoms with Crippen molar-refractivity contribution >= 4 is 15.7 Å².